The largest absolute Gasteiger partial charge is 0.326 e. The van der Waals surface area contributed by atoms with E-state index in [1.54, 1.807) is 19.2 Å². The van der Waals surface area contributed by atoms with Crippen molar-refractivity contribution >= 4 is 10.0 Å². The van der Waals surface area contributed by atoms with E-state index < -0.39 is 15.8 Å². The fourth-order valence-electron chi connectivity index (χ4n) is 1.84. The Morgan fingerprint density at radius 3 is 2.76 bits per heavy atom. The Labute approximate surface area is 122 Å². The van der Waals surface area contributed by atoms with Crippen LogP contribution in [0, 0.1) is 12.7 Å². The molecule has 112 valence electrons. The first-order valence-corrected chi connectivity index (χ1v) is 7.68. The molecule has 0 atom stereocenters. The Morgan fingerprint density at radius 2 is 2.10 bits per heavy atom. The average Bonchev–Trinajstić information content (AvgIpc) is 2.45. The van der Waals surface area contributed by atoms with Gasteiger partial charge in [-0.3, -0.25) is 0 Å². The number of aryl methyl sites for hydroxylation is 1. The Hall–Kier alpha value is -1.90. The minimum absolute atomic E-state index is 0.00772. The van der Waals surface area contributed by atoms with Gasteiger partial charge in [-0.05, 0) is 25.1 Å². The molecule has 6 nitrogen and oxygen atoms in total. The number of nitrogens with one attached hydrogen (secondary N) is 1. The molecule has 0 bridgehead atoms. The van der Waals surface area contributed by atoms with Crippen LogP contribution >= 0.6 is 0 Å². The summed E-state index contributed by atoms with van der Waals surface area (Å²) < 4.78 is 40.5. The molecule has 0 saturated carbocycles. The molecule has 0 amide bonds. The summed E-state index contributed by atoms with van der Waals surface area (Å²) >= 11 is 0. The molecule has 0 aliphatic heterocycles. The molecule has 0 aliphatic carbocycles. The number of sulfonamides is 1. The van der Waals surface area contributed by atoms with Gasteiger partial charge in [0, 0.05) is 18.3 Å². The summed E-state index contributed by atoms with van der Waals surface area (Å²) in [5, 5.41) is 0. The van der Waals surface area contributed by atoms with Crippen molar-refractivity contribution in [1.82, 2.24) is 14.7 Å². The number of nitrogens with two attached hydrogens (primary N) is 1. The van der Waals surface area contributed by atoms with Crippen molar-refractivity contribution in [2.24, 2.45) is 5.73 Å². The predicted molar refractivity (Wildman–Crippen MR) is 75.1 cm³/mol. The second-order valence-electron chi connectivity index (χ2n) is 4.34. The monoisotopic (exact) mass is 310 g/mol. The highest BCUT2D eigenvalue weighted by Crippen LogP contribution is 2.18. The molecule has 1 aromatic heterocycles. The van der Waals surface area contributed by atoms with Gasteiger partial charge in [-0.15, -0.1) is 0 Å². The summed E-state index contributed by atoms with van der Waals surface area (Å²) in [6.45, 7) is 1.50. The average molecular weight is 310 g/mol. The molecule has 0 saturated heterocycles. The number of rotatable bonds is 5. The van der Waals surface area contributed by atoms with Crippen LogP contribution in [0.15, 0.2) is 35.4 Å². The molecule has 1 heterocycles. The van der Waals surface area contributed by atoms with Gasteiger partial charge in [0.05, 0.1) is 17.1 Å². The van der Waals surface area contributed by atoms with E-state index >= 15 is 0 Å². The maximum atomic E-state index is 13.6. The molecule has 2 rings (SSSR count). The van der Waals surface area contributed by atoms with Crippen molar-refractivity contribution in [3.63, 3.8) is 0 Å². The number of halogens is 1. The number of nitrogens with zero attached hydrogens (tertiary/aromatic N) is 2. The quantitative estimate of drug-likeness (QED) is 0.853. The van der Waals surface area contributed by atoms with Crippen LogP contribution in [0.3, 0.4) is 0 Å². The van der Waals surface area contributed by atoms with Crippen LogP contribution in [0.2, 0.25) is 0 Å². The number of benzene rings is 1. The topological polar surface area (TPSA) is 98.0 Å². The first kappa shape index (κ1) is 15.5. The highest BCUT2D eigenvalue weighted by Gasteiger charge is 2.20. The Balaban J connectivity index is 2.25. The number of hydrogen-bond acceptors (Lipinski definition) is 5. The molecular weight excluding hydrogens is 295 g/mol. The first-order valence-electron chi connectivity index (χ1n) is 6.19. The molecule has 0 spiro atoms. The predicted octanol–water partition coefficient (Wildman–Crippen LogP) is 0.861. The highest BCUT2D eigenvalue weighted by molar-refractivity contribution is 7.89. The lowest BCUT2D eigenvalue weighted by Crippen LogP contribution is -2.25. The molecule has 0 aliphatic rings. The lowest BCUT2D eigenvalue weighted by atomic mass is 10.2. The fraction of sp³-hybridized carbons (Fsp3) is 0.231. The third kappa shape index (κ3) is 3.60. The van der Waals surface area contributed by atoms with Gasteiger partial charge < -0.3 is 5.73 Å². The van der Waals surface area contributed by atoms with Crippen LogP contribution in [0.25, 0.3) is 0 Å². The minimum atomic E-state index is -3.87. The smallest absolute Gasteiger partial charge is 0.241 e. The Kier molecular flexibility index (Phi) is 4.61. The molecule has 2 aromatic rings. The molecule has 1 aromatic carbocycles. The second kappa shape index (κ2) is 6.25. The van der Waals surface area contributed by atoms with Crippen LogP contribution in [0.4, 0.5) is 4.39 Å². The molecule has 0 fully saturated rings. The van der Waals surface area contributed by atoms with E-state index in [0.717, 1.165) is 0 Å². The van der Waals surface area contributed by atoms with E-state index in [0.29, 0.717) is 11.5 Å². The first-order chi connectivity index (χ1) is 9.94. The lowest BCUT2D eigenvalue weighted by molar-refractivity contribution is 0.570. The minimum Gasteiger partial charge on any atom is -0.326 e. The van der Waals surface area contributed by atoms with Crippen molar-refractivity contribution in [2.45, 2.75) is 24.9 Å². The van der Waals surface area contributed by atoms with E-state index in [4.69, 9.17) is 5.73 Å². The van der Waals surface area contributed by atoms with Crippen LogP contribution in [0.5, 0.6) is 0 Å². The van der Waals surface area contributed by atoms with Crippen LogP contribution in [-0.2, 0) is 23.1 Å². The highest BCUT2D eigenvalue weighted by atomic mass is 32.2. The van der Waals surface area contributed by atoms with E-state index in [1.807, 2.05) is 0 Å². The van der Waals surface area contributed by atoms with Crippen molar-refractivity contribution in [3.05, 3.63) is 53.4 Å². The van der Waals surface area contributed by atoms with Gasteiger partial charge in [-0.2, -0.15) is 0 Å². The zero-order valence-corrected chi connectivity index (χ0v) is 12.2. The van der Waals surface area contributed by atoms with Gasteiger partial charge in [0.25, 0.3) is 0 Å². The molecule has 8 heteroatoms. The Bertz CT molecular complexity index is 750. The summed E-state index contributed by atoms with van der Waals surface area (Å²) in [4.78, 5) is 7.86. The number of hydrogen-bond donors (Lipinski definition) is 2. The van der Waals surface area contributed by atoms with Crippen LogP contribution in [-0.4, -0.2) is 18.4 Å². The molecule has 21 heavy (non-hydrogen) atoms. The zero-order valence-electron chi connectivity index (χ0n) is 11.4. The summed E-state index contributed by atoms with van der Waals surface area (Å²) in [6.07, 6.45) is 1.54. The van der Waals surface area contributed by atoms with E-state index in [9.17, 15) is 12.8 Å². The van der Waals surface area contributed by atoms with Gasteiger partial charge in [-0.1, -0.05) is 6.07 Å². The fourth-order valence-corrected chi connectivity index (χ4v) is 3.10. The van der Waals surface area contributed by atoms with E-state index in [-0.39, 0.29) is 23.5 Å². The molecular formula is C13H15FN4O2S. The van der Waals surface area contributed by atoms with Crippen molar-refractivity contribution < 1.29 is 12.8 Å². The zero-order chi connectivity index (χ0) is 15.5. The third-order valence-electron chi connectivity index (χ3n) is 2.85. The standard InChI is InChI=1S/C13H15FN4O2S/c1-9-16-6-5-10(18-9)8-17-21(19,20)13-4-2-3-12(14)11(13)7-15/h2-6,17H,7-8,15H2,1H3. The van der Waals surface area contributed by atoms with Gasteiger partial charge in [0.15, 0.2) is 0 Å². The maximum absolute atomic E-state index is 13.6. The van der Waals surface area contributed by atoms with Crippen LogP contribution < -0.4 is 10.5 Å². The maximum Gasteiger partial charge on any atom is 0.241 e. The van der Waals surface area contributed by atoms with Gasteiger partial charge in [0.1, 0.15) is 11.6 Å². The summed E-state index contributed by atoms with van der Waals surface area (Å²) in [5.74, 6) is -0.0987. The third-order valence-corrected chi connectivity index (χ3v) is 4.33. The van der Waals surface area contributed by atoms with E-state index in [2.05, 4.69) is 14.7 Å². The van der Waals surface area contributed by atoms with Gasteiger partial charge in [0.2, 0.25) is 10.0 Å². The second-order valence-corrected chi connectivity index (χ2v) is 6.08. The lowest BCUT2D eigenvalue weighted by Gasteiger charge is -2.11. The van der Waals surface area contributed by atoms with Crippen LogP contribution in [0.1, 0.15) is 17.1 Å². The van der Waals surface area contributed by atoms with Crippen molar-refractivity contribution in [1.29, 1.82) is 0 Å². The summed E-state index contributed by atoms with van der Waals surface area (Å²) in [7, 11) is -3.87. The SMILES string of the molecule is Cc1nccc(CNS(=O)(=O)c2cccc(F)c2CN)n1. The molecule has 0 radical (unpaired) electrons. The van der Waals surface area contributed by atoms with Gasteiger partial charge >= 0.3 is 0 Å². The summed E-state index contributed by atoms with van der Waals surface area (Å²) in [5.41, 5.74) is 5.91. The van der Waals surface area contributed by atoms with Crippen molar-refractivity contribution in [3.8, 4) is 0 Å². The molecule has 0 unspecified atom stereocenters. The summed E-state index contributed by atoms with van der Waals surface area (Å²) in [6, 6.07) is 5.43. The van der Waals surface area contributed by atoms with Gasteiger partial charge in [-0.25, -0.2) is 27.5 Å². The Morgan fingerprint density at radius 1 is 1.33 bits per heavy atom. The normalized spacial score (nSPS) is 11.6. The van der Waals surface area contributed by atoms with E-state index in [1.165, 1.54) is 18.2 Å². The molecule has 3 N–H and O–H groups in total. The van der Waals surface area contributed by atoms with Crippen molar-refractivity contribution in [2.75, 3.05) is 0 Å². The number of aromatic nitrogens is 2.